The Kier molecular flexibility index (Phi) is 10.2. The third-order valence-electron chi connectivity index (χ3n) is 0.827. The van der Waals surface area contributed by atoms with E-state index in [0.717, 1.165) is 13.2 Å². The molecule has 0 N–H and O–H groups in total. The minimum absolute atomic E-state index is 0. The van der Waals surface area contributed by atoms with Gasteiger partial charge in [-0.05, 0) is 12.8 Å². The Hall–Kier alpha value is 0.700. The van der Waals surface area contributed by atoms with E-state index in [1.165, 1.54) is 12.8 Å². The summed E-state index contributed by atoms with van der Waals surface area (Å²) in [5.41, 5.74) is 0. The van der Waals surface area contributed by atoms with Gasteiger partial charge in [0.2, 0.25) is 0 Å². The van der Waals surface area contributed by atoms with Gasteiger partial charge in [0.15, 0.2) is 0 Å². The first-order valence-corrected chi connectivity index (χ1v) is 2.08. The first-order chi connectivity index (χ1) is 2.50. The second-order valence-electron chi connectivity index (χ2n) is 1.32. The van der Waals surface area contributed by atoms with Crippen LogP contribution in [0.1, 0.15) is 20.3 Å². The van der Waals surface area contributed by atoms with E-state index in [2.05, 4.69) is 0 Å². The standard InChI is InChI=1S/C4H8O.CH4.Ag/c1-2-4-5-3-1;;/h1-4H2;1H4;. The Morgan fingerprint density at radius 3 is 1.57 bits per heavy atom. The van der Waals surface area contributed by atoms with Crippen molar-refractivity contribution in [1.82, 2.24) is 0 Å². The molecule has 49 valence electrons. The van der Waals surface area contributed by atoms with E-state index in [1.54, 1.807) is 0 Å². The van der Waals surface area contributed by atoms with Gasteiger partial charge in [-0.15, -0.1) is 0 Å². The van der Waals surface area contributed by atoms with Gasteiger partial charge in [0, 0.05) is 35.6 Å². The molecule has 1 aliphatic heterocycles. The second kappa shape index (κ2) is 6.70. The van der Waals surface area contributed by atoms with E-state index in [9.17, 15) is 0 Å². The van der Waals surface area contributed by atoms with Crippen molar-refractivity contribution in [2.75, 3.05) is 13.2 Å². The van der Waals surface area contributed by atoms with Gasteiger partial charge in [-0.25, -0.2) is 0 Å². The summed E-state index contributed by atoms with van der Waals surface area (Å²) in [6, 6.07) is 0. The molecule has 0 aliphatic carbocycles. The van der Waals surface area contributed by atoms with Crippen molar-refractivity contribution in [3.63, 3.8) is 0 Å². The SMILES string of the molecule is C.C1CCOC1.[Ag]. The molecule has 0 bridgehead atoms. The molecule has 0 atom stereocenters. The molecule has 0 aromatic carbocycles. The van der Waals surface area contributed by atoms with E-state index in [-0.39, 0.29) is 29.8 Å². The molecule has 0 saturated carbocycles. The molecule has 7 heavy (non-hydrogen) atoms. The van der Waals surface area contributed by atoms with Crippen LogP contribution in [0.5, 0.6) is 0 Å². The van der Waals surface area contributed by atoms with Crippen molar-refractivity contribution in [2.45, 2.75) is 20.3 Å². The predicted octanol–water partition coefficient (Wildman–Crippen LogP) is 1.43. The van der Waals surface area contributed by atoms with Crippen molar-refractivity contribution in [3.05, 3.63) is 0 Å². The molecule has 1 radical (unpaired) electrons. The first kappa shape index (κ1) is 10.6. The molecule has 1 aliphatic rings. The summed E-state index contributed by atoms with van der Waals surface area (Å²) in [6.07, 6.45) is 2.56. The third-order valence-corrected chi connectivity index (χ3v) is 0.827. The fraction of sp³-hybridized carbons (Fsp3) is 1.00. The molecule has 1 fully saturated rings. The van der Waals surface area contributed by atoms with Crippen LogP contribution in [0.15, 0.2) is 0 Å². The average Bonchev–Trinajstić information content (AvgIpc) is 1.76. The summed E-state index contributed by atoms with van der Waals surface area (Å²) in [6.45, 7) is 2.00. The summed E-state index contributed by atoms with van der Waals surface area (Å²) in [5.74, 6) is 0. The van der Waals surface area contributed by atoms with Gasteiger partial charge < -0.3 is 4.74 Å². The van der Waals surface area contributed by atoms with Crippen LogP contribution in [0.25, 0.3) is 0 Å². The minimum atomic E-state index is 0. The molecule has 1 heterocycles. The van der Waals surface area contributed by atoms with Crippen molar-refractivity contribution in [3.8, 4) is 0 Å². The Morgan fingerprint density at radius 2 is 1.43 bits per heavy atom. The monoisotopic (exact) mass is 195 g/mol. The van der Waals surface area contributed by atoms with Gasteiger partial charge in [-0.2, -0.15) is 0 Å². The zero-order valence-electron chi connectivity index (χ0n) is 3.54. The third kappa shape index (κ3) is 4.56. The molecule has 0 amide bonds. The summed E-state index contributed by atoms with van der Waals surface area (Å²) >= 11 is 0. The van der Waals surface area contributed by atoms with E-state index in [0.29, 0.717) is 0 Å². The fourth-order valence-electron chi connectivity index (χ4n) is 0.510. The van der Waals surface area contributed by atoms with Crippen molar-refractivity contribution < 1.29 is 27.1 Å². The van der Waals surface area contributed by atoms with Crippen LogP contribution in [0.4, 0.5) is 0 Å². The van der Waals surface area contributed by atoms with E-state index in [4.69, 9.17) is 4.74 Å². The molecule has 0 unspecified atom stereocenters. The van der Waals surface area contributed by atoms with Crippen LogP contribution in [-0.4, -0.2) is 13.2 Å². The zero-order chi connectivity index (χ0) is 3.54. The van der Waals surface area contributed by atoms with Crippen LogP contribution >= 0.6 is 0 Å². The van der Waals surface area contributed by atoms with Crippen molar-refractivity contribution in [1.29, 1.82) is 0 Å². The summed E-state index contributed by atoms with van der Waals surface area (Å²) < 4.78 is 4.94. The van der Waals surface area contributed by atoms with Crippen molar-refractivity contribution >= 4 is 0 Å². The van der Waals surface area contributed by atoms with Gasteiger partial charge in [0.1, 0.15) is 0 Å². The Bertz CT molecular complexity index is 19.7. The molecule has 0 aromatic rings. The van der Waals surface area contributed by atoms with Crippen LogP contribution < -0.4 is 0 Å². The van der Waals surface area contributed by atoms with Crippen LogP contribution in [-0.2, 0) is 27.1 Å². The molecule has 1 nitrogen and oxygen atoms in total. The van der Waals surface area contributed by atoms with Crippen LogP contribution in [0, 0.1) is 0 Å². The molecule has 0 spiro atoms. The largest absolute Gasteiger partial charge is 0.381 e. The predicted molar refractivity (Wildman–Crippen MR) is 26.8 cm³/mol. The van der Waals surface area contributed by atoms with E-state index >= 15 is 0 Å². The van der Waals surface area contributed by atoms with E-state index in [1.807, 2.05) is 0 Å². The van der Waals surface area contributed by atoms with Crippen LogP contribution in [0.3, 0.4) is 0 Å². The maximum absolute atomic E-state index is 4.94. The first-order valence-electron chi connectivity index (χ1n) is 2.08. The summed E-state index contributed by atoms with van der Waals surface area (Å²) in [5, 5.41) is 0. The van der Waals surface area contributed by atoms with Gasteiger partial charge in [0.25, 0.3) is 0 Å². The second-order valence-corrected chi connectivity index (χ2v) is 1.32. The Balaban J connectivity index is 0. The maximum atomic E-state index is 4.94. The minimum Gasteiger partial charge on any atom is -0.381 e. The molecule has 1 saturated heterocycles. The van der Waals surface area contributed by atoms with Gasteiger partial charge in [-0.1, -0.05) is 7.43 Å². The summed E-state index contributed by atoms with van der Waals surface area (Å²) in [7, 11) is 0. The van der Waals surface area contributed by atoms with E-state index < -0.39 is 0 Å². The van der Waals surface area contributed by atoms with Gasteiger partial charge >= 0.3 is 0 Å². The topological polar surface area (TPSA) is 9.23 Å². The number of hydrogen-bond acceptors (Lipinski definition) is 1. The molecular weight excluding hydrogens is 184 g/mol. The maximum Gasteiger partial charge on any atom is 0.0466 e. The van der Waals surface area contributed by atoms with Crippen LogP contribution in [0.2, 0.25) is 0 Å². The van der Waals surface area contributed by atoms with Gasteiger partial charge in [0.05, 0.1) is 0 Å². The smallest absolute Gasteiger partial charge is 0.0466 e. The molecular formula is C5H12AgO. The van der Waals surface area contributed by atoms with Crippen molar-refractivity contribution in [2.24, 2.45) is 0 Å². The zero-order valence-corrected chi connectivity index (χ0v) is 5.02. The van der Waals surface area contributed by atoms with Gasteiger partial charge in [-0.3, -0.25) is 0 Å². The number of hydrogen-bond donors (Lipinski definition) is 0. The average molecular weight is 196 g/mol. The molecule has 2 heteroatoms. The summed E-state index contributed by atoms with van der Waals surface area (Å²) in [4.78, 5) is 0. The molecule has 1 rings (SSSR count). The quantitative estimate of drug-likeness (QED) is 0.532. The Labute approximate surface area is 60.9 Å². The Morgan fingerprint density at radius 1 is 1.00 bits per heavy atom. The molecule has 0 aromatic heterocycles. The number of ether oxygens (including phenoxy) is 1. The normalized spacial score (nSPS) is 17.1. The fourth-order valence-corrected chi connectivity index (χ4v) is 0.510. The number of rotatable bonds is 0.